The summed E-state index contributed by atoms with van der Waals surface area (Å²) in [7, 11) is 0. The lowest BCUT2D eigenvalue weighted by molar-refractivity contribution is -0.111. The van der Waals surface area contributed by atoms with Gasteiger partial charge < -0.3 is 0 Å². The second-order valence-corrected chi connectivity index (χ2v) is 6.17. The van der Waals surface area contributed by atoms with Crippen molar-refractivity contribution in [2.24, 2.45) is 10.9 Å². The number of allylic oxidation sites excluding steroid dienone is 4. The quantitative estimate of drug-likeness (QED) is 0.756. The molecule has 0 heterocycles. The molecule has 21 heavy (non-hydrogen) atoms. The van der Waals surface area contributed by atoms with Gasteiger partial charge in [0, 0.05) is 15.6 Å². The lowest BCUT2D eigenvalue weighted by atomic mass is 9.90. The van der Waals surface area contributed by atoms with Gasteiger partial charge in [-0.05, 0) is 54.8 Å². The predicted molar refractivity (Wildman–Crippen MR) is 87.6 cm³/mol. The Morgan fingerprint density at radius 2 is 1.76 bits per heavy atom. The number of hydrogen-bond donors (Lipinski definition) is 0. The number of amides is 1. The predicted octanol–water partition coefficient (Wildman–Crippen LogP) is 4.14. The second kappa shape index (κ2) is 6.31. The highest BCUT2D eigenvalue weighted by Crippen LogP contribution is 2.20. The summed E-state index contributed by atoms with van der Waals surface area (Å²) in [5.74, 6) is -0.202. The maximum absolute atomic E-state index is 12.2. The van der Waals surface area contributed by atoms with Gasteiger partial charge >= 0.3 is 0 Å². The average molecular weight is 346 g/mol. The molecule has 0 spiro atoms. The van der Waals surface area contributed by atoms with Gasteiger partial charge in [-0.15, -0.1) is 0 Å². The maximum atomic E-state index is 12.2. The highest BCUT2D eigenvalue weighted by molar-refractivity contribution is 9.10. The van der Waals surface area contributed by atoms with Crippen LogP contribution >= 0.6 is 15.9 Å². The zero-order valence-electron chi connectivity index (χ0n) is 12.2. The monoisotopic (exact) mass is 345 g/mol. The van der Waals surface area contributed by atoms with Crippen molar-refractivity contribution in [1.82, 2.24) is 0 Å². The van der Waals surface area contributed by atoms with Crippen molar-refractivity contribution in [3.8, 4) is 0 Å². The van der Waals surface area contributed by atoms with E-state index < -0.39 is 0 Å². The summed E-state index contributed by atoms with van der Waals surface area (Å²) in [5.41, 5.74) is 2.49. The van der Waals surface area contributed by atoms with Crippen LogP contribution < -0.4 is 0 Å². The molecule has 0 radical (unpaired) electrons. The number of carbonyl (C=O) groups is 2. The fourth-order valence-corrected chi connectivity index (χ4v) is 2.29. The fraction of sp³-hybridized carbons (Fsp3) is 0.235. The van der Waals surface area contributed by atoms with E-state index >= 15 is 0 Å². The van der Waals surface area contributed by atoms with Crippen molar-refractivity contribution in [1.29, 1.82) is 0 Å². The van der Waals surface area contributed by atoms with Crippen molar-refractivity contribution in [3.63, 3.8) is 0 Å². The van der Waals surface area contributed by atoms with Gasteiger partial charge in [-0.25, -0.2) is 4.99 Å². The Morgan fingerprint density at radius 3 is 2.33 bits per heavy atom. The first-order chi connectivity index (χ1) is 9.88. The van der Waals surface area contributed by atoms with Gasteiger partial charge in [-0.1, -0.05) is 29.8 Å². The van der Waals surface area contributed by atoms with Gasteiger partial charge in [-0.2, -0.15) is 0 Å². The number of hydrogen-bond acceptors (Lipinski definition) is 2. The molecule has 0 unspecified atom stereocenters. The van der Waals surface area contributed by atoms with Crippen LogP contribution in [0.3, 0.4) is 0 Å². The van der Waals surface area contributed by atoms with Crippen molar-refractivity contribution in [3.05, 3.63) is 57.6 Å². The molecule has 3 nitrogen and oxygen atoms in total. The highest BCUT2D eigenvalue weighted by atomic mass is 79.9. The Labute approximate surface area is 132 Å². The van der Waals surface area contributed by atoms with Crippen molar-refractivity contribution in [2.75, 3.05) is 0 Å². The molecule has 0 atom stereocenters. The Bertz CT molecular complexity index is 679. The van der Waals surface area contributed by atoms with Gasteiger partial charge in [0.15, 0.2) is 5.78 Å². The summed E-state index contributed by atoms with van der Waals surface area (Å²) >= 11 is 3.33. The van der Waals surface area contributed by atoms with Crippen LogP contribution in [0, 0.1) is 5.92 Å². The molecular formula is C17H16BrNO2. The molecule has 0 aliphatic heterocycles. The third-order valence-corrected chi connectivity index (χ3v) is 3.79. The molecule has 1 aliphatic rings. The SMILES string of the molecule is CC1=CC(=O)C(C(C)C)=CC1=NC(=O)c1ccc(Br)cc1. The molecule has 1 aliphatic carbocycles. The molecule has 2 rings (SSSR count). The summed E-state index contributed by atoms with van der Waals surface area (Å²) in [6.07, 6.45) is 3.27. The van der Waals surface area contributed by atoms with Crippen LogP contribution in [0.5, 0.6) is 0 Å². The number of benzene rings is 1. The van der Waals surface area contributed by atoms with Crippen LogP contribution in [0.15, 0.2) is 57.0 Å². The van der Waals surface area contributed by atoms with E-state index in [4.69, 9.17) is 0 Å². The lowest BCUT2D eigenvalue weighted by Gasteiger charge is -2.14. The van der Waals surface area contributed by atoms with E-state index in [0.29, 0.717) is 16.8 Å². The number of nitrogens with zero attached hydrogens (tertiary/aromatic N) is 1. The molecule has 1 amide bonds. The van der Waals surface area contributed by atoms with Crippen LogP contribution in [0.4, 0.5) is 0 Å². The minimum atomic E-state index is -0.307. The number of rotatable bonds is 2. The summed E-state index contributed by atoms with van der Waals surface area (Å²) in [6.45, 7) is 5.69. The van der Waals surface area contributed by atoms with Gasteiger partial charge in [0.2, 0.25) is 0 Å². The molecule has 1 aromatic carbocycles. The number of carbonyl (C=O) groups excluding carboxylic acids is 2. The van der Waals surface area contributed by atoms with E-state index in [9.17, 15) is 9.59 Å². The summed E-state index contributed by atoms with van der Waals surface area (Å²) in [5, 5.41) is 0. The van der Waals surface area contributed by atoms with Gasteiger partial charge in [0.25, 0.3) is 5.91 Å². The molecule has 0 saturated heterocycles. The van der Waals surface area contributed by atoms with Gasteiger partial charge in [0.05, 0.1) is 5.71 Å². The Balaban J connectivity index is 2.35. The molecule has 0 bridgehead atoms. The Hall–Kier alpha value is -1.81. The van der Waals surface area contributed by atoms with Crippen molar-refractivity contribution < 1.29 is 9.59 Å². The Kier molecular flexibility index (Phi) is 4.68. The van der Waals surface area contributed by atoms with E-state index in [1.54, 1.807) is 43.3 Å². The number of ketones is 1. The second-order valence-electron chi connectivity index (χ2n) is 5.26. The van der Waals surface area contributed by atoms with Crippen LogP contribution in [-0.4, -0.2) is 17.4 Å². The molecular weight excluding hydrogens is 330 g/mol. The Morgan fingerprint density at radius 1 is 1.14 bits per heavy atom. The van der Waals surface area contributed by atoms with Crippen LogP contribution in [0.2, 0.25) is 0 Å². The number of aliphatic imine (C=N–C) groups is 1. The third kappa shape index (κ3) is 3.64. The first-order valence-electron chi connectivity index (χ1n) is 6.71. The van der Waals surface area contributed by atoms with Gasteiger partial charge in [-0.3, -0.25) is 9.59 Å². The minimum absolute atomic E-state index is 0.00228. The van der Waals surface area contributed by atoms with Crippen molar-refractivity contribution in [2.45, 2.75) is 20.8 Å². The molecule has 0 saturated carbocycles. The topological polar surface area (TPSA) is 46.5 Å². The zero-order chi connectivity index (χ0) is 15.6. The van der Waals surface area contributed by atoms with E-state index in [1.165, 1.54) is 0 Å². The molecule has 0 N–H and O–H groups in total. The molecule has 0 aromatic heterocycles. The summed E-state index contributed by atoms with van der Waals surface area (Å²) in [6, 6.07) is 7.04. The van der Waals surface area contributed by atoms with Crippen LogP contribution in [-0.2, 0) is 4.79 Å². The lowest BCUT2D eigenvalue weighted by Crippen LogP contribution is -2.16. The minimum Gasteiger partial charge on any atom is -0.290 e. The fourth-order valence-electron chi connectivity index (χ4n) is 2.02. The summed E-state index contributed by atoms with van der Waals surface area (Å²) in [4.78, 5) is 28.2. The van der Waals surface area contributed by atoms with E-state index in [2.05, 4.69) is 20.9 Å². The largest absolute Gasteiger partial charge is 0.290 e. The van der Waals surface area contributed by atoms with Crippen LogP contribution in [0.25, 0.3) is 0 Å². The smallest absolute Gasteiger partial charge is 0.277 e. The first-order valence-corrected chi connectivity index (χ1v) is 7.51. The van der Waals surface area contributed by atoms with Gasteiger partial charge in [0.1, 0.15) is 0 Å². The number of halogens is 1. The molecule has 108 valence electrons. The van der Waals surface area contributed by atoms with Crippen LogP contribution in [0.1, 0.15) is 31.1 Å². The first kappa shape index (κ1) is 15.6. The highest BCUT2D eigenvalue weighted by Gasteiger charge is 2.19. The van der Waals surface area contributed by atoms with E-state index in [0.717, 1.165) is 10.0 Å². The third-order valence-electron chi connectivity index (χ3n) is 3.26. The molecule has 4 heteroatoms. The van der Waals surface area contributed by atoms with Crippen molar-refractivity contribution >= 4 is 33.3 Å². The van der Waals surface area contributed by atoms with E-state index in [1.807, 2.05) is 13.8 Å². The average Bonchev–Trinajstić information content (AvgIpc) is 2.42. The standard InChI is InChI=1S/C17H16BrNO2/c1-10(2)14-9-15(11(3)8-16(14)20)19-17(21)12-4-6-13(18)7-5-12/h4-10H,1-3H3. The zero-order valence-corrected chi connectivity index (χ0v) is 13.8. The normalized spacial score (nSPS) is 17.0. The molecule has 0 fully saturated rings. The van der Waals surface area contributed by atoms with E-state index in [-0.39, 0.29) is 17.6 Å². The maximum Gasteiger partial charge on any atom is 0.277 e. The molecule has 1 aromatic rings. The summed E-state index contributed by atoms with van der Waals surface area (Å²) < 4.78 is 0.910.